The summed E-state index contributed by atoms with van der Waals surface area (Å²) in [6, 6.07) is 7.23. The summed E-state index contributed by atoms with van der Waals surface area (Å²) >= 11 is 11.7. The van der Waals surface area contributed by atoms with Gasteiger partial charge in [-0.05, 0) is 45.9 Å². The van der Waals surface area contributed by atoms with Crippen LogP contribution in [0.2, 0.25) is 0 Å². The summed E-state index contributed by atoms with van der Waals surface area (Å²) in [5, 5.41) is 14.2. The Morgan fingerprint density at radius 1 is 1.43 bits per heavy atom. The Balaban J connectivity index is 2.11. The highest BCUT2D eigenvalue weighted by atomic mass is 79.9. The Morgan fingerprint density at radius 3 is 2.82 bits per heavy atom. The van der Waals surface area contributed by atoms with Crippen LogP contribution in [0.25, 0.3) is 11.2 Å². The van der Waals surface area contributed by atoms with Crippen LogP contribution in [0.15, 0.2) is 35.1 Å². The van der Waals surface area contributed by atoms with Crippen molar-refractivity contribution in [2.24, 2.45) is 5.73 Å². The first-order valence-corrected chi connectivity index (χ1v) is 10.7. The molecule has 148 valence electrons. The first kappa shape index (κ1) is 21.5. The van der Waals surface area contributed by atoms with E-state index in [0.29, 0.717) is 11.2 Å². The number of imidazole rings is 1. The lowest BCUT2D eigenvalue weighted by molar-refractivity contribution is -0.285. The maximum absolute atomic E-state index is 14.0. The minimum atomic E-state index is -2.58. The van der Waals surface area contributed by atoms with Crippen molar-refractivity contribution in [1.29, 1.82) is 0 Å². The molecule has 28 heavy (non-hydrogen) atoms. The number of hydrogen-bond donors (Lipinski definition) is 3. The first-order chi connectivity index (χ1) is 13.1. The van der Waals surface area contributed by atoms with Crippen LogP contribution in [0, 0.1) is 10.1 Å². The molecule has 0 saturated carbocycles. The Morgan fingerprint density at radius 2 is 2.18 bits per heavy atom. The third-order valence-electron chi connectivity index (χ3n) is 3.16. The number of hydrogen-bond acceptors (Lipinski definition) is 9. The van der Waals surface area contributed by atoms with Crippen LogP contribution in [-0.4, -0.2) is 27.6 Å². The van der Waals surface area contributed by atoms with E-state index in [2.05, 4.69) is 57.1 Å². The van der Waals surface area contributed by atoms with Crippen molar-refractivity contribution < 1.29 is 8.72 Å². The first-order valence-electron chi connectivity index (χ1n) is 7.19. The topological polar surface area (TPSA) is 136 Å². The van der Waals surface area contributed by atoms with E-state index in [1.807, 2.05) is 6.07 Å². The Kier molecular flexibility index (Phi) is 6.36. The van der Waals surface area contributed by atoms with Crippen molar-refractivity contribution in [2.45, 2.75) is 7.57 Å². The number of thioether (sulfide) groups is 1. The molecule has 0 saturated heterocycles. The average molecular weight is 574 g/mol. The highest BCUT2D eigenvalue weighted by Gasteiger charge is 2.48. The summed E-state index contributed by atoms with van der Waals surface area (Å²) in [7, 11) is 0. The number of nitro groups is 1. The highest BCUT2D eigenvalue weighted by Crippen LogP contribution is 2.52. The summed E-state index contributed by atoms with van der Waals surface area (Å²) in [5.74, 6) is 0.0157. The normalized spacial score (nSPS) is 15.8. The molecule has 9 nitrogen and oxygen atoms in total. The second-order valence-corrected chi connectivity index (χ2v) is 11.7. The van der Waals surface area contributed by atoms with Crippen LogP contribution in [-0.2, 0) is 4.20 Å². The van der Waals surface area contributed by atoms with Crippen LogP contribution >= 0.6 is 67.2 Å². The number of anilines is 2. The van der Waals surface area contributed by atoms with Gasteiger partial charge in [-0.1, -0.05) is 33.6 Å². The molecule has 0 fully saturated rings. The molecule has 0 spiro atoms. The van der Waals surface area contributed by atoms with Gasteiger partial charge >= 0.3 is 0 Å². The quantitative estimate of drug-likeness (QED) is 0.120. The smallest absolute Gasteiger partial charge is 0.287 e. The molecule has 2 atom stereocenters. The number of alkyl halides is 3. The van der Waals surface area contributed by atoms with E-state index in [0.717, 1.165) is 4.47 Å². The van der Waals surface area contributed by atoms with Crippen molar-refractivity contribution in [3.8, 4) is 0 Å². The van der Waals surface area contributed by atoms with Gasteiger partial charge < -0.3 is 10.3 Å². The molecule has 0 radical (unpaired) electrons. The molecule has 2 aromatic heterocycles. The van der Waals surface area contributed by atoms with Crippen LogP contribution in [0.1, 0.15) is 5.82 Å². The zero-order valence-corrected chi connectivity index (χ0v) is 19.0. The van der Waals surface area contributed by atoms with Gasteiger partial charge in [0.1, 0.15) is 9.85 Å². The van der Waals surface area contributed by atoms with E-state index in [1.54, 1.807) is 18.2 Å². The number of nitrogens with zero attached hydrogens (tertiary/aromatic N) is 4. The monoisotopic (exact) mass is 571 g/mol. The van der Waals surface area contributed by atoms with Crippen molar-refractivity contribution in [2.75, 3.05) is 5.32 Å². The van der Waals surface area contributed by atoms with Gasteiger partial charge in [-0.3, -0.25) is 15.8 Å². The number of fused-ring (bicyclic) bond motifs is 1. The summed E-state index contributed by atoms with van der Waals surface area (Å²) < 4.78 is 9.42. The predicted octanol–water partition coefficient (Wildman–Crippen LogP) is 4.80. The summed E-state index contributed by atoms with van der Waals surface area (Å²) in [5.41, 5.74) is 7.39. The zero-order valence-electron chi connectivity index (χ0n) is 13.4. The second-order valence-electron chi connectivity index (χ2n) is 5.16. The van der Waals surface area contributed by atoms with E-state index in [1.165, 1.54) is 6.33 Å². The minimum absolute atomic E-state index is 0.0207. The molecule has 0 bridgehead atoms. The maximum Gasteiger partial charge on any atom is 0.287 e. The van der Waals surface area contributed by atoms with Gasteiger partial charge in [-0.2, -0.15) is 0 Å². The minimum Gasteiger partial charge on any atom is -0.340 e. The van der Waals surface area contributed by atoms with E-state index >= 15 is 0 Å². The molecular formula is C13H9Br2ClFN7O2S2. The Bertz CT molecular complexity index is 1040. The number of rotatable bonds is 7. The fourth-order valence-corrected chi connectivity index (χ4v) is 5.76. The molecule has 1 aromatic carbocycles. The number of H-pyrrole nitrogens is 1. The van der Waals surface area contributed by atoms with E-state index in [4.69, 9.17) is 17.3 Å². The summed E-state index contributed by atoms with van der Waals surface area (Å²) in [6.07, 6.45) is 1.38. The van der Waals surface area contributed by atoms with Gasteiger partial charge in [0.2, 0.25) is 4.20 Å². The number of benzene rings is 1. The van der Waals surface area contributed by atoms with Crippen LogP contribution in [0.4, 0.5) is 15.9 Å². The van der Waals surface area contributed by atoms with Gasteiger partial charge in [-0.25, -0.2) is 19.3 Å². The number of aromatic nitrogens is 4. The third-order valence-corrected chi connectivity index (χ3v) is 6.17. The summed E-state index contributed by atoms with van der Waals surface area (Å²) in [4.78, 5) is 26.5. The molecular weight excluding hydrogens is 565 g/mol. The van der Waals surface area contributed by atoms with Crippen LogP contribution < -0.4 is 11.1 Å². The standard InChI is InChI=1S/C13H9Br2ClFN7O2S2/c14-6-2-1-3-7(4-6)21-10-8-9(20-5-19-8)22-11(23-10)12(18,28-24(25)26)27-13(15,16)17/h1-5H,18H2,(H2,19,20,21,22,23). The van der Waals surface area contributed by atoms with Crippen LogP contribution in [0.5, 0.6) is 0 Å². The Hall–Kier alpha value is -1.19. The molecule has 0 aliphatic rings. The molecule has 15 heteroatoms. The molecule has 2 unspecified atom stereocenters. The zero-order chi connectivity index (χ0) is 20.5. The Labute approximate surface area is 187 Å². The molecule has 0 aliphatic heterocycles. The molecule has 0 aliphatic carbocycles. The fourth-order valence-electron chi connectivity index (χ4n) is 2.17. The summed E-state index contributed by atoms with van der Waals surface area (Å²) in [6.45, 7) is 0. The lowest BCUT2D eigenvalue weighted by Gasteiger charge is -2.24. The highest BCUT2D eigenvalue weighted by molar-refractivity contribution is 9.12. The van der Waals surface area contributed by atoms with E-state index in [-0.39, 0.29) is 41.0 Å². The lowest BCUT2D eigenvalue weighted by Crippen LogP contribution is -2.35. The van der Waals surface area contributed by atoms with Crippen molar-refractivity contribution >= 4 is 89.8 Å². The van der Waals surface area contributed by atoms with E-state index in [9.17, 15) is 14.5 Å². The van der Waals surface area contributed by atoms with Gasteiger partial charge in [0, 0.05) is 10.2 Å². The van der Waals surface area contributed by atoms with Gasteiger partial charge in [0.15, 0.2) is 17.3 Å². The average Bonchev–Trinajstić information content (AvgIpc) is 3.01. The lowest BCUT2D eigenvalue weighted by atomic mass is 10.3. The molecule has 4 N–H and O–H groups in total. The predicted molar refractivity (Wildman–Crippen MR) is 116 cm³/mol. The molecule has 3 rings (SSSR count). The van der Waals surface area contributed by atoms with Crippen molar-refractivity contribution in [3.63, 3.8) is 0 Å². The van der Waals surface area contributed by atoms with Crippen molar-refractivity contribution in [3.05, 3.63) is 51.0 Å². The van der Waals surface area contributed by atoms with E-state index < -0.39 is 11.9 Å². The fraction of sp³-hybridized carbons (Fsp3) is 0.154. The maximum atomic E-state index is 14.0. The number of nitrogens with one attached hydrogen (secondary N) is 2. The van der Waals surface area contributed by atoms with Gasteiger partial charge in [-0.15, -0.1) is 0 Å². The SMILES string of the molecule is NC(S[N+](=O)[O-])(SC(F)(Cl)Br)c1nc(Nc2cccc(Br)c2)c2[nH]cnc2n1. The third kappa shape index (κ3) is 5.24. The molecule has 2 heterocycles. The molecule has 3 aromatic rings. The number of halogens is 4. The molecule has 0 amide bonds. The number of nitrogens with two attached hydrogens (primary N) is 1. The van der Waals surface area contributed by atoms with Gasteiger partial charge in [0.25, 0.3) is 15.3 Å². The second kappa shape index (κ2) is 8.28. The number of aromatic amines is 1. The van der Waals surface area contributed by atoms with Crippen LogP contribution in [0.3, 0.4) is 0 Å². The van der Waals surface area contributed by atoms with Crippen molar-refractivity contribution in [1.82, 2.24) is 19.9 Å². The largest absolute Gasteiger partial charge is 0.340 e. The van der Waals surface area contributed by atoms with Gasteiger partial charge in [0.05, 0.1) is 6.33 Å².